The predicted octanol–water partition coefficient (Wildman–Crippen LogP) is 3.07. The number of halogens is 3. The second-order valence-corrected chi connectivity index (χ2v) is 4.47. The van der Waals surface area contributed by atoms with Crippen LogP contribution in [0.15, 0.2) is 28.9 Å². The number of nitrogens with two attached hydrogens (primary N) is 1. The zero-order chi connectivity index (χ0) is 11.7. The third-order valence-corrected chi connectivity index (χ3v) is 3.29. The summed E-state index contributed by atoms with van der Waals surface area (Å²) in [6, 6.07) is 4.83. The van der Waals surface area contributed by atoms with Gasteiger partial charge in [-0.15, -0.1) is 0 Å². The van der Waals surface area contributed by atoms with E-state index in [1.165, 1.54) is 6.07 Å². The summed E-state index contributed by atoms with van der Waals surface area (Å²) in [6.07, 6.45) is 1.61. The van der Waals surface area contributed by atoms with Crippen molar-refractivity contribution in [3.8, 4) is 0 Å². The second kappa shape index (κ2) is 4.43. The van der Waals surface area contributed by atoms with Gasteiger partial charge in [0, 0.05) is 6.20 Å². The first-order valence-electron chi connectivity index (χ1n) is 4.49. The summed E-state index contributed by atoms with van der Waals surface area (Å²) in [5, 5.41) is 4.39. The van der Waals surface area contributed by atoms with E-state index in [0.29, 0.717) is 16.0 Å². The Morgan fingerprint density at radius 3 is 2.88 bits per heavy atom. The van der Waals surface area contributed by atoms with Crippen LogP contribution in [0, 0.1) is 5.82 Å². The average molecular weight is 305 g/mol. The maximum Gasteiger partial charge on any atom is 0.164 e. The molecule has 0 bridgehead atoms. The van der Waals surface area contributed by atoms with Gasteiger partial charge in [-0.3, -0.25) is 4.68 Å². The van der Waals surface area contributed by atoms with Crippen LogP contribution < -0.4 is 5.73 Å². The highest BCUT2D eigenvalue weighted by atomic mass is 79.9. The van der Waals surface area contributed by atoms with Gasteiger partial charge in [0.05, 0.1) is 11.0 Å². The molecule has 0 atom stereocenters. The molecule has 16 heavy (non-hydrogen) atoms. The highest BCUT2D eigenvalue weighted by molar-refractivity contribution is 9.10. The molecular weight excluding hydrogens is 296 g/mol. The summed E-state index contributed by atoms with van der Waals surface area (Å²) < 4.78 is 15.2. The van der Waals surface area contributed by atoms with E-state index in [1.54, 1.807) is 23.0 Å². The molecule has 0 aliphatic heterocycles. The van der Waals surface area contributed by atoms with Crippen molar-refractivity contribution in [2.45, 2.75) is 6.54 Å². The summed E-state index contributed by atoms with van der Waals surface area (Å²) in [7, 11) is 0. The molecule has 1 heterocycles. The van der Waals surface area contributed by atoms with E-state index in [0.717, 1.165) is 5.56 Å². The fourth-order valence-electron chi connectivity index (χ4n) is 1.34. The summed E-state index contributed by atoms with van der Waals surface area (Å²) in [5.74, 6) is -0.0297. The lowest BCUT2D eigenvalue weighted by Gasteiger charge is -2.05. The first-order chi connectivity index (χ1) is 7.58. The molecule has 6 heteroatoms. The predicted molar refractivity (Wildman–Crippen MR) is 64.9 cm³/mol. The lowest BCUT2D eigenvalue weighted by molar-refractivity contribution is 0.611. The molecule has 2 rings (SSSR count). The monoisotopic (exact) mass is 303 g/mol. The third kappa shape index (κ3) is 2.20. The Morgan fingerprint density at radius 2 is 2.25 bits per heavy atom. The Morgan fingerprint density at radius 1 is 1.50 bits per heavy atom. The summed E-state index contributed by atoms with van der Waals surface area (Å²) in [6.45, 7) is 0.412. The minimum Gasteiger partial charge on any atom is -0.381 e. The summed E-state index contributed by atoms with van der Waals surface area (Å²) >= 11 is 8.96. The van der Waals surface area contributed by atoms with Gasteiger partial charge in [-0.1, -0.05) is 23.7 Å². The molecule has 0 saturated carbocycles. The number of anilines is 1. The van der Waals surface area contributed by atoms with Crippen molar-refractivity contribution in [2.24, 2.45) is 0 Å². The van der Waals surface area contributed by atoms with E-state index in [1.807, 2.05) is 0 Å². The molecule has 84 valence electrons. The van der Waals surface area contributed by atoms with Gasteiger partial charge in [0.25, 0.3) is 0 Å². The number of nitrogens with zero attached hydrogens (tertiary/aromatic N) is 2. The quantitative estimate of drug-likeness (QED) is 0.926. The van der Waals surface area contributed by atoms with Gasteiger partial charge in [-0.05, 0) is 27.6 Å². The van der Waals surface area contributed by atoms with Crippen LogP contribution in [0.4, 0.5) is 10.2 Å². The zero-order valence-electron chi connectivity index (χ0n) is 8.12. The van der Waals surface area contributed by atoms with E-state index < -0.39 is 0 Å². The molecule has 3 nitrogen and oxygen atoms in total. The fraction of sp³-hybridized carbons (Fsp3) is 0.100. The van der Waals surface area contributed by atoms with Crippen LogP contribution in [0.5, 0.6) is 0 Å². The van der Waals surface area contributed by atoms with Crippen molar-refractivity contribution in [1.82, 2.24) is 9.78 Å². The molecule has 1 aromatic heterocycles. The smallest absolute Gasteiger partial charge is 0.164 e. The topological polar surface area (TPSA) is 43.8 Å². The highest BCUT2D eigenvalue weighted by Crippen LogP contribution is 2.22. The molecule has 0 aliphatic rings. The largest absolute Gasteiger partial charge is 0.381 e. The van der Waals surface area contributed by atoms with E-state index in [2.05, 4.69) is 21.0 Å². The molecule has 0 spiro atoms. The van der Waals surface area contributed by atoms with Gasteiger partial charge in [-0.2, -0.15) is 5.10 Å². The fourth-order valence-corrected chi connectivity index (χ4v) is 1.88. The zero-order valence-corrected chi connectivity index (χ0v) is 10.5. The number of hydrogen-bond donors (Lipinski definition) is 1. The van der Waals surface area contributed by atoms with E-state index in [-0.39, 0.29) is 11.6 Å². The standard InChI is InChI=1S/C10H8BrClFN3/c11-9-6(2-1-3-8(9)13)4-16-5-7(12)10(14)15-16/h1-3,5H,4H2,(H2,14,15). The van der Waals surface area contributed by atoms with Gasteiger partial charge >= 0.3 is 0 Å². The molecule has 1 aromatic carbocycles. The Kier molecular flexibility index (Phi) is 3.16. The van der Waals surface area contributed by atoms with Gasteiger partial charge in [0.2, 0.25) is 0 Å². The molecular formula is C10H8BrClFN3. The van der Waals surface area contributed by atoms with Crippen LogP contribution in [0.25, 0.3) is 0 Å². The molecule has 0 unspecified atom stereocenters. The van der Waals surface area contributed by atoms with Gasteiger partial charge in [-0.25, -0.2) is 4.39 Å². The number of aromatic nitrogens is 2. The summed E-state index contributed by atoms with van der Waals surface area (Å²) in [5.41, 5.74) is 6.29. The molecule has 2 N–H and O–H groups in total. The van der Waals surface area contributed by atoms with Gasteiger partial charge < -0.3 is 5.73 Å². The van der Waals surface area contributed by atoms with Crippen LogP contribution in [0.3, 0.4) is 0 Å². The second-order valence-electron chi connectivity index (χ2n) is 3.27. The van der Waals surface area contributed by atoms with Crippen molar-refractivity contribution >= 4 is 33.3 Å². The minimum atomic E-state index is -0.302. The van der Waals surface area contributed by atoms with Crippen molar-refractivity contribution < 1.29 is 4.39 Å². The van der Waals surface area contributed by atoms with Crippen LogP contribution in [0.2, 0.25) is 5.02 Å². The number of rotatable bonds is 2. The average Bonchev–Trinajstić information content (AvgIpc) is 2.54. The number of hydrogen-bond acceptors (Lipinski definition) is 2. The van der Waals surface area contributed by atoms with Crippen LogP contribution in [-0.4, -0.2) is 9.78 Å². The number of benzene rings is 1. The van der Waals surface area contributed by atoms with Crippen LogP contribution >= 0.6 is 27.5 Å². The Bertz CT molecular complexity index is 507. The molecule has 0 aliphatic carbocycles. The van der Waals surface area contributed by atoms with Crippen molar-refractivity contribution in [2.75, 3.05) is 5.73 Å². The minimum absolute atomic E-state index is 0.272. The lowest BCUT2D eigenvalue weighted by atomic mass is 10.2. The van der Waals surface area contributed by atoms with E-state index in [9.17, 15) is 4.39 Å². The Balaban J connectivity index is 2.30. The SMILES string of the molecule is Nc1nn(Cc2cccc(F)c2Br)cc1Cl. The van der Waals surface area contributed by atoms with Gasteiger partial charge in [0.1, 0.15) is 10.8 Å². The Hall–Kier alpha value is -1.07. The van der Waals surface area contributed by atoms with Crippen LogP contribution in [0.1, 0.15) is 5.56 Å². The van der Waals surface area contributed by atoms with Crippen LogP contribution in [-0.2, 0) is 6.54 Å². The van der Waals surface area contributed by atoms with E-state index in [4.69, 9.17) is 17.3 Å². The normalized spacial score (nSPS) is 10.7. The van der Waals surface area contributed by atoms with Crippen molar-refractivity contribution in [3.05, 3.63) is 45.3 Å². The maximum atomic E-state index is 13.2. The first kappa shape index (κ1) is 11.4. The van der Waals surface area contributed by atoms with Gasteiger partial charge in [0.15, 0.2) is 5.82 Å². The lowest BCUT2D eigenvalue weighted by Crippen LogP contribution is -2.02. The Labute approximate surface area is 105 Å². The van der Waals surface area contributed by atoms with Crippen molar-refractivity contribution in [3.63, 3.8) is 0 Å². The first-order valence-corrected chi connectivity index (χ1v) is 5.66. The maximum absolute atomic E-state index is 13.2. The molecule has 0 radical (unpaired) electrons. The molecule has 0 fully saturated rings. The highest BCUT2D eigenvalue weighted by Gasteiger charge is 2.08. The van der Waals surface area contributed by atoms with Crippen molar-refractivity contribution in [1.29, 1.82) is 0 Å². The summed E-state index contributed by atoms with van der Waals surface area (Å²) in [4.78, 5) is 0. The molecule has 2 aromatic rings. The van der Waals surface area contributed by atoms with E-state index >= 15 is 0 Å². The molecule has 0 saturated heterocycles. The third-order valence-electron chi connectivity index (χ3n) is 2.11. The molecule has 0 amide bonds. The number of nitrogen functional groups attached to an aromatic ring is 1.